The van der Waals surface area contributed by atoms with Crippen LogP contribution in [0.3, 0.4) is 0 Å². The van der Waals surface area contributed by atoms with Crippen molar-refractivity contribution in [3.05, 3.63) is 46.6 Å². The van der Waals surface area contributed by atoms with Gasteiger partial charge in [-0.15, -0.1) is 0 Å². The largest absolute Gasteiger partial charge is 0.436 e. The minimum Gasteiger partial charge on any atom is -0.436 e. The first-order valence-corrected chi connectivity index (χ1v) is 34.2. The number of carbonyl (C=O) groups is 2. The Labute approximate surface area is 508 Å². The van der Waals surface area contributed by atoms with Gasteiger partial charge < -0.3 is 28.4 Å². The second-order valence-electron chi connectivity index (χ2n) is 33.2. The van der Waals surface area contributed by atoms with E-state index in [9.17, 15) is 9.59 Å². The average Bonchev–Trinajstić information content (AvgIpc) is 4.26. The number of allylic oxidation sites excluding steroid dienone is 5. The third-order valence-corrected chi connectivity index (χ3v) is 24.5. The van der Waals surface area contributed by atoms with Crippen molar-refractivity contribution < 1.29 is 38.0 Å². The molecule has 0 radical (unpaired) electrons. The summed E-state index contributed by atoms with van der Waals surface area (Å²) in [6.45, 7) is 38.2. The fourth-order valence-electron chi connectivity index (χ4n) is 20.2. The topological polar surface area (TPSA) is 89.5 Å². The van der Waals surface area contributed by atoms with Crippen molar-refractivity contribution in [1.29, 1.82) is 0 Å². The normalized spacial score (nSPS) is 42.5. The van der Waals surface area contributed by atoms with Gasteiger partial charge in [0.2, 0.25) is 12.6 Å². The molecule has 0 amide bonds. The standard InChI is InChI=1S/C20H32O3.C18H28O3.2C18H30O.CH4/c1-13-17-11-15(20(5)10-6-9-19(3,4)12-20)7-8-16(17)18(22-13)23-14(2)21;1-12-16-11-14(18(3)9-5-4-6-10-18)7-8-15(16)17(20-12)21-13(2)19;2*1-13-16-7-6-15(10-14(16)11-19-13)18(4)9-5-8-17(2,3)12-18;/h7,13,16-18H,6,8-12H2,1-5H3;11-12,15-17H,4-10H2,1-3H3;2*10,13-14,16H,5-9,11-12H2,1-4H3;1H4/t13-,16-,17-,18+,20+;12-,15-,16-,17+;13-,14+,16-,18+;13-,14+,16-,18-;/m1110./s1. The molecular formula is C75H124O8. The minimum atomic E-state index is -0.346. The van der Waals surface area contributed by atoms with Crippen molar-refractivity contribution in [1.82, 2.24) is 0 Å². The third kappa shape index (κ3) is 15.6. The molecular weight excluding hydrogens is 1030 g/mol. The molecule has 0 aromatic rings. The van der Waals surface area contributed by atoms with E-state index in [2.05, 4.69) is 121 Å². The summed E-state index contributed by atoms with van der Waals surface area (Å²) in [4.78, 5) is 22.5. The molecule has 8 aliphatic carbocycles. The van der Waals surface area contributed by atoms with Crippen LogP contribution in [0, 0.1) is 85.2 Å². The van der Waals surface area contributed by atoms with E-state index in [1.54, 1.807) is 22.3 Å². The first-order valence-electron chi connectivity index (χ1n) is 34.2. The molecule has 83 heavy (non-hydrogen) atoms. The Balaban J connectivity index is 0.000000144. The molecule has 4 saturated heterocycles. The fraction of sp³-hybridized carbons (Fsp3) is 0.867. The van der Waals surface area contributed by atoms with E-state index in [-0.39, 0.29) is 44.2 Å². The molecule has 0 bridgehead atoms. The molecule has 4 saturated carbocycles. The average molecular weight is 1150 g/mol. The van der Waals surface area contributed by atoms with E-state index >= 15 is 0 Å². The van der Waals surface area contributed by atoms with Crippen LogP contribution >= 0.6 is 0 Å². The summed E-state index contributed by atoms with van der Waals surface area (Å²) in [5, 5.41) is 0. The molecule has 0 N–H and O–H groups in total. The highest BCUT2D eigenvalue weighted by Crippen LogP contribution is 2.58. The van der Waals surface area contributed by atoms with Crippen LogP contribution in [0.25, 0.3) is 0 Å². The Morgan fingerprint density at radius 1 is 0.446 bits per heavy atom. The van der Waals surface area contributed by atoms with Crippen molar-refractivity contribution in [2.24, 2.45) is 85.2 Å². The van der Waals surface area contributed by atoms with Gasteiger partial charge in [-0.05, 0) is 205 Å². The number of fused-ring (bicyclic) bond motifs is 4. The number of ether oxygens (including phenoxy) is 6. The zero-order chi connectivity index (χ0) is 59.2. The van der Waals surface area contributed by atoms with Gasteiger partial charge in [-0.1, -0.05) is 162 Å². The number of rotatable bonds is 6. The van der Waals surface area contributed by atoms with Crippen molar-refractivity contribution >= 4 is 11.9 Å². The number of esters is 2. The highest BCUT2D eigenvalue weighted by Gasteiger charge is 2.51. The highest BCUT2D eigenvalue weighted by atomic mass is 16.7. The molecule has 8 nitrogen and oxygen atoms in total. The molecule has 8 fully saturated rings. The molecule has 12 aliphatic rings. The van der Waals surface area contributed by atoms with E-state index in [0.29, 0.717) is 85.6 Å². The summed E-state index contributed by atoms with van der Waals surface area (Å²) in [6.07, 6.45) is 43.7. The highest BCUT2D eigenvalue weighted by molar-refractivity contribution is 5.66. The molecule has 4 aliphatic heterocycles. The van der Waals surface area contributed by atoms with Crippen LogP contribution in [0.4, 0.5) is 0 Å². The Kier molecular flexibility index (Phi) is 21.2. The lowest BCUT2D eigenvalue weighted by Gasteiger charge is -2.46. The fourth-order valence-corrected chi connectivity index (χ4v) is 20.2. The van der Waals surface area contributed by atoms with Gasteiger partial charge >= 0.3 is 11.9 Å². The first kappa shape index (κ1) is 66.7. The molecule has 0 unspecified atom stereocenters. The summed E-state index contributed by atoms with van der Waals surface area (Å²) in [5.41, 5.74) is 9.99. The molecule has 0 aromatic heterocycles. The monoisotopic (exact) mass is 1150 g/mol. The van der Waals surface area contributed by atoms with E-state index < -0.39 is 0 Å². The van der Waals surface area contributed by atoms with Crippen LogP contribution in [-0.2, 0) is 38.0 Å². The summed E-state index contributed by atoms with van der Waals surface area (Å²) in [5.74, 6) is 4.12. The molecule has 0 spiro atoms. The molecule has 8 heteroatoms. The molecule has 4 heterocycles. The number of carbonyl (C=O) groups excluding carboxylic acids is 2. The van der Waals surface area contributed by atoms with Gasteiger partial charge in [0, 0.05) is 43.4 Å². The lowest BCUT2D eigenvalue weighted by molar-refractivity contribution is -0.179. The van der Waals surface area contributed by atoms with Gasteiger partial charge in [0.1, 0.15) is 0 Å². The van der Waals surface area contributed by atoms with E-state index in [4.69, 9.17) is 28.4 Å². The third-order valence-electron chi connectivity index (χ3n) is 24.5. The summed E-state index contributed by atoms with van der Waals surface area (Å²) >= 11 is 0. The molecule has 0 aromatic carbocycles. The van der Waals surface area contributed by atoms with Crippen LogP contribution in [0.2, 0.25) is 0 Å². The molecule has 472 valence electrons. The quantitative estimate of drug-likeness (QED) is 0.192. The second-order valence-corrected chi connectivity index (χ2v) is 33.2. The first-order chi connectivity index (χ1) is 38.5. The second kappa shape index (κ2) is 26.4. The zero-order valence-electron chi connectivity index (χ0n) is 55.3. The summed E-state index contributed by atoms with van der Waals surface area (Å²) in [6, 6.07) is 0. The van der Waals surface area contributed by atoms with Gasteiger partial charge in [0.25, 0.3) is 0 Å². The predicted molar refractivity (Wildman–Crippen MR) is 339 cm³/mol. The van der Waals surface area contributed by atoms with Crippen LogP contribution in [0.1, 0.15) is 279 Å². The number of hydrogen-bond acceptors (Lipinski definition) is 8. The smallest absolute Gasteiger partial charge is 0.304 e. The Morgan fingerprint density at radius 3 is 1.29 bits per heavy atom. The van der Waals surface area contributed by atoms with Gasteiger partial charge in [0.15, 0.2) is 0 Å². The Morgan fingerprint density at radius 2 is 0.843 bits per heavy atom. The maximum Gasteiger partial charge on any atom is 0.304 e. The SMILES string of the molecule is C.CC(=O)O[C@@H]1O[C@H](C)[C@H]2C=C(C3(C)CCCCC3)CC[C@@H]12.CC(=O)O[C@@H]1O[C@H](C)[C@H]2CC([C@@]3(C)CCCC(C)(C)C3)=CC[C@@H]12.C[C@@H]1OC[C@H]2C=C([C@@]3(C)CCCC(C)(C)C3)CC[C@H]21.C[C@H]1OC[C@@H]2C=C([C@@]3(C)CCCC(C)(C)C3)CC[C@@H]21. The van der Waals surface area contributed by atoms with Gasteiger partial charge in [0.05, 0.1) is 37.6 Å². The van der Waals surface area contributed by atoms with Crippen LogP contribution in [0.5, 0.6) is 0 Å². The summed E-state index contributed by atoms with van der Waals surface area (Å²) in [7, 11) is 0. The van der Waals surface area contributed by atoms with Gasteiger partial charge in [-0.2, -0.15) is 0 Å². The van der Waals surface area contributed by atoms with Crippen molar-refractivity contribution in [3.8, 4) is 0 Å². The van der Waals surface area contributed by atoms with Crippen LogP contribution < -0.4 is 0 Å². The van der Waals surface area contributed by atoms with Crippen molar-refractivity contribution in [2.75, 3.05) is 13.2 Å². The molecule has 12 rings (SSSR count). The van der Waals surface area contributed by atoms with E-state index in [1.807, 2.05) is 0 Å². The predicted octanol–water partition coefficient (Wildman–Crippen LogP) is 19.6. The lowest BCUT2D eigenvalue weighted by atomic mass is 9.58. The molecule has 17 atom stereocenters. The van der Waals surface area contributed by atoms with E-state index in [0.717, 1.165) is 50.7 Å². The van der Waals surface area contributed by atoms with Crippen LogP contribution in [-0.4, -0.2) is 62.1 Å². The zero-order valence-corrected chi connectivity index (χ0v) is 55.3. The van der Waals surface area contributed by atoms with E-state index in [1.165, 1.54) is 149 Å². The Bertz CT molecular complexity index is 2270. The van der Waals surface area contributed by atoms with Gasteiger partial charge in [-0.3, -0.25) is 9.59 Å². The van der Waals surface area contributed by atoms with Crippen LogP contribution in [0.15, 0.2) is 46.6 Å². The maximum absolute atomic E-state index is 11.3. The van der Waals surface area contributed by atoms with Crippen molar-refractivity contribution in [2.45, 2.75) is 316 Å². The lowest BCUT2D eigenvalue weighted by Crippen LogP contribution is -2.36. The Hall–Kier alpha value is -2.26. The minimum absolute atomic E-state index is 0. The van der Waals surface area contributed by atoms with Gasteiger partial charge in [-0.25, -0.2) is 0 Å². The number of hydrogen-bond donors (Lipinski definition) is 0. The maximum atomic E-state index is 11.3. The van der Waals surface area contributed by atoms with Crippen molar-refractivity contribution in [3.63, 3.8) is 0 Å². The summed E-state index contributed by atoms with van der Waals surface area (Å²) < 4.78 is 34.3.